The van der Waals surface area contributed by atoms with Crippen molar-refractivity contribution >= 4 is 17.3 Å². The first-order valence-electron chi connectivity index (χ1n) is 12.4. The molecule has 3 N–H and O–H groups in total. The number of ether oxygens (including phenoxy) is 2. The Bertz CT molecular complexity index is 1480. The van der Waals surface area contributed by atoms with Crippen LogP contribution in [0.5, 0.6) is 11.5 Å². The molecule has 2 aromatic heterocycles. The van der Waals surface area contributed by atoms with Crippen molar-refractivity contribution in [3.8, 4) is 22.8 Å². The number of aromatic amines is 1. The zero-order chi connectivity index (χ0) is 25.2. The van der Waals surface area contributed by atoms with Crippen LogP contribution in [0.2, 0.25) is 0 Å². The maximum atomic E-state index is 12.6. The summed E-state index contributed by atoms with van der Waals surface area (Å²) in [4.78, 5) is 26.3. The van der Waals surface area contributed by atoms with Crippen LogP contribution >= 0.6 is 0 Å². The molecule has 9 heteroatoms. The number of morpholine rings is 1. The van der Waals surface area contributed by atoms with Crippen LogP contribution in [0.4, 0.5) is 17.3 Å². The van der Waals surface area contributed by atoms with Gasteiger partial charge in [-0.15, -0.1) is 0 Å². The molecule has 0 aliphatic carbocycles. The smallest absolute Gasteiger partial charge is 0.250 e. The van der Waals surface area contributed by atoms with Crippen molar-refractivity contribution < 1.29 is 9.47 Å². The Morgan fingerprint density at radius 3 is 2.68 bits per heavy atom. The summed E-state index contributed by atoms with van der Waals surface area (Å²) in [5, 5.41) is 6.37. The number of pyridine rings is 1. The summed E-state index contributed by atoms with van der Waals surface area (Å²) in [6, 6.07) is 15.9. The Morgan fingerprint density at radius 1 is 1.03 bits per heavy atom. The molecule has 0 atom stereocenters. The first kappa shape index (κ1) is 23.1. The van der Waals surface area contributed by atoms with E-state index in [1.54, 1.807) is 13.1 Å². The molecule has 2 aliphatic heterocycles. The number of benzene rings is 2. The first-order valence-corrected chi connectivity index (χ1v) is 12.4. The molecule has 1 saturated heterocycles. The van der Waals surface area contributed by atoms with Gasteiger partial charge in [-0.2, -0.15) is 0 Å². The normalized spacial score (nSPS) is 14.4. The van der Waals surface area contributed by atoms with Crippen molar-refractivity contribution in [1.82, 2.24) is 15.0 Å². The molecule has 0 spiro atoms. The van der Waals surface area contributed by atoms with Crippen molar-refractivity contribution in [3.63, 3.8) is 0 Å². The van der Waals surface area contributed by atoms with E-state index in [1.807, 2.05) is 42.7 Å². The first-order chi connectivity index (χ1) is 18.2. The highest BCUT2D eigenvalue weighted by molar-refractivity contribution is 5.74. The standard InChI is InChI=1S/C28H28N6O3/c1-29-28-31-16-18(17-32-28)15-30-21-5-6-25-20(12-21)11-19-3-2-4-23(27(19)37-25)24-13-22(14-26(35)33-24)34-7-9-36-10-8-34/h2-6,12-14,16-17,30H,7-11,15H2,1H3,(H,33,35)(H,29,31,32). The molecular weight excluding hydrogens is 468 g/mol. The van der Waals surface area contributed by atoms with Gasteiger partial charge in [0.2, 0.25) is 11.5 Å². The number of nitrogens with one attached hydrogen (secondary N) is 3. The molecule has 0 unspecified atom stereocenters. The average molecular weight is 497 g/mol. The summed E-state index contributed by atoms with van der Waals surface area (Å²) in [6.45, 7) is 3.48. The summed E-state index contributed by atoms with van der Waals surface area (Å²) in [7, 11) is 1.80. The maximum Gasteiger partial charge on any atom is 0.250 e. The van der Waals surface area contributed by atoms with Crippen LogP contribution < -0.4 is 25.8 Å². The number of aromatic nitrogens is 3. The lowest BCUT2D eigenvalue weighted by Gasteiger charge is -2.29. The average Bonchev–Trinajstić information content (AvgIpc) is 2.95. The number of nitrogens with zero attached hydrogens (tertiary/aromatic N) is 3. The fourth-order valence-corrected chi connectivity index (χ4v) is 4.76. The number of hydrogen-bond acceptors (Lipinski definition) is 8. The van der Waals surface area contributed by atoms with E-state index >= 15 is 0 Å². The molecule has 0 saturated carbocycles. The van der Waals surface area contributed by atoms with Crippen LogP contribution in [0.3, 0.4) is 0 Å². The van der Waals surface area contributed by atoms with Gasteiger partial charge in [-0.25, -0.2) is 9.97 Å². The third kappa shape index (κ3) is 4.85. The van der Waals surface area contributed by atoms with Gasteiger partial charge in [-0.1, -0.05) is 12.1 Å². The largest absolute Gasteiger partial charge is 0.456 e. The Balaban J connectivity index is 1.24. The predicted molar refractivity (Wildman–Crippen MR) is 144 cm³/mol. The Hall–Kier alpha value is -4.37. The van der Waals surface area contributed by atoms with Crippen LogP contribution in [0.25, 0.3) is 11.3 Å². The van der Waals surface area contributed by atoms with E-state index in [2.05, 4.69) is 42.6 Å². The van der Waals surface area contributed by atoms with Crippen molar-refractivity contribution in [3.05, 3.63) is 88.0 Å². The molecule has 1 fully saturated rings. The summed E-state index contributed by atoms with van der Waals surface area (Å²) in [5.41, 5.74) is 6.58. The summed E-state index contributed by atoms with van der Waals surface area (Å²) in [6.07, 6.45) is 4.36. The van der Waals surface area contributed by atoms with Gasteiger partial charge in [0.15, 0.2) is 0 Å². The minimum absolute atomic E-state index is 0.130. The third-order valence-electron chi connectivity index (χ3n) is 6.67. The van der Waals surface area contributed by atoms with Crippen LogP contribution in [-0.2, 0) is 17.7 Å². The third-order valence-corrected chi connectivity index (χ3v) is 6.67. The number of anilines is 3. The number of hydrogen-bond donors (Lipinski definition) is 3. The van der Waals surface area contributed by atoms with Crippen LogP contribution in [0.1, 0.15) is 16.7 Å². The highest BCUT2D eigenvalue weighted by Gasteiger charge is 2.22. The molecule has 0 bridgehead atoms. The lowest BCUT2D eigenvalue weighted by molar-refractivity contribution is 0.122. The van der Waals surface area contributed by atoms with E-state index in [1.165, 1.54) is 0 Å². The minimum atomic E-state index is -0.130. The zero-order valence-corrected chi connectivity index (χ0v) is 20.6. The maximum absolute atomic E-state index is 12.6. The Morgan fingerprint density at radius 2 is 1.86 bits per heavy atom. The quantitative estimate of drug-likeness (QED) is 0.324. The fourth-order valence-electron chi connectivity index (χ4n) is 4.76. The predicted octanol–water partition coefficient (Wildman–Crippen LogP) is 4.02. The molecule has 0 amide bonds. The van der Waals surface area contributed by atoms with Gasteiger partial charge in [-0.3, -0.25) is 4.79 Å². The molecule has 9 nitrogen and oxygen atoms in total. The van der Waals surface area contributed by atoms with E-state index in [4.69, 9.17) is 9.47 Å². The van der Waals surface area contributed by atoms with Gasteiger partial charge in [0.05, 0.1) is 18.9 Å². The van der Waals surface area contributed by atoms with Crippen molar-refractivity contribution in [2.24, 2.45) is 0 Å². The van der Waals surface area contributed by atoms with E-state index in [0.29, 0.717) is 25.7 Å². The van der Waals surface area contributed by atoms with Gasteiger partial charge < -0.3 is 30.0 Å². The Kier molecular flexibility index (Phi) is 6.20. The molecule has 2 aromatic carbocycles. The molecule has 2 aliphatic rings. The van der Waals surface area contributed by atoms with Crippen molar-refractivity contribution in [2.75, 3.05) is 48.9 Å². The lowest BCUT2D eigenvalue weighted by Crippen LogP contribution is -2.36. The van der Waals surface area contributed by atoms with Gasteiger partial charge in [-0.05, 0) is 35.9 Å². The van der Waals surface area contributed by atoms with Crippen LogP contribution in [-0.4, -0.2) is 48.3 Å². The number of fused-ring (bicyclic) bond motifs is 2. The molecule has 37 heavy (non-hydrogen) atoms. The number of rotatable bonds is 6. The fraction of sp³-hybridized carbons (Fsp3) is 0.250. The summed E-state index contributed by atoms with van der Waals surface area (Å²) >= 11 is 0. The van der Waals surface area contributed by atoms with Crippen molar-refractivity contribution in [2.45, 2.75) is 13.0 Å². The lowest BCUT2D eigenvalue weighted by atomic mass is 9.96. The second-order valence-corrected chi connectivity index (χ2v) is 9.13. The molecular formula is C28H28N6O3. The van der Waals surface area contributed by atoms with Crippen LogP contribution in [0.15, 0.2) is 65.7 Å². The van der Waals surface area contributed by atoms with Gasteiger partial charge in [0.1, 0.15) is 11.5 Å². The van der Waals surface area contributed by atoms with Crippen molar-refractivity contribution in [1.29, 1.82) is 0 Å². The number of para-hydroxylation sites is 1. The summed E-state index contributed by atoms with van der Waals surface area (Å²) in [5.74, 6) is 2.20. The second-order valence-electron chi connectivity index (χ2n) is 9.13. The van der Waals surface area contributed by atoms with E-state index in [-0.39, 0.29) is 5.56 Å². The van der Waals surface area contributed by atoms with Gasteiger partial charge in [0.25, 0.3) is 0 Å². The zero-order valence-electron chi connectivity index (χ0n) is 20.6. The molecule has 188 valence electrons. The van der Waals surface area contributed by atoms with E-state index in [9.17, 15) is 4.79 Å². The van der Waals surface area contributed by atoms with Gasteiger partial charge in [0, 0.05) is 79.6 Å². The topological polar surface area (TPSA) is 104 Å². The van der Waals surface area contributed by atoms with E-state index < -0.39 is 0 Å². The molecule has 4 aromatic rings. The molecule has 0 radical (unpaired) electrons. The Labute approximate surface area is 214 Å². The second kappa shape index (κ2) is 9.94. The molecule has 6 rings (SSSR count). The van der Waals surface area contributed by atoms with Gasteiger partial charge >= 0.3 is 0 Å². The van der Waals surface area contributed by atoms with Crippen LogP contribution in [0, 0.1) is 0 Å². The highest BCUT2D eigenvalue weighted by Crippen LogP contribution is 2.43. The number of H-pyrrole nitrogens is 1. The molecule has 4 heterocycles. The SMILES string of the molecule is CNc1ncc(CNc2ccc3c(c2)Cc2cccc(-c4cc(N5CCOCC5)cc(=O)[nH]4)c2O3)cn1. The monoisotopic (exact) mass is 496 g/mol. The van der Waals surface area contributed by atoms with E-state index in [0.717, 1.165) is 70.3 Å². The highest BCUT2D eigenvalue weighted by atomic mass is 16.5. The summed E-state index contributed by atoms with van der Waals surface area (Å²) < 4.78 is 11.9. The minimum Gasteiger partial charge on any atom is -0.456 e.